The second-order valence-corrected chi connectivity index (χ2v) is 5.80. The van der Waals surface area contributed by atoms with E-state index in [1.165, 1.54) is 20.0 Å². The van der Waals surface area contributed by atoms with Gasteiger partial charge < -0.3 is 20.1 Å². The molecule has 1 heterocycles. The average molecular weight is 256 g/mol. The van der Waals surface area contributed by atoms with Crippen molar-refractivity contribution in [3.05, 3.63) is 0 Å². The van der Waals surface area contributed by atoms with Crippen molar-refractivity contribution in [1.82, 2.24) is 10.2 Å². The lowest BCUT2D eigenvalue weighted by atomic mass is 9.88. The summed E-state index contributed by atoms with van der Waals surface area (Å²) in [6.45, 7) is 1.86. The summed E-state index contributed by atoms with van der Waals surface area (Å²) in [5, 5.41) is 12.9. The number of hydrogen-bond donors (Lipinski definition) is 2. The minimum Gasteiger partial charge on any atom is -0.453 e. The van der Waals surface area contributed by atoms with E-state index in [9.17, 15) is 9.90 Å². The Bertz CT molecular complexity index is 294. The SMILES string of the molecule is COC(=O)NC1CC(CC(O)C2CC2)CN(C)C1. The zero-order valence-electron chi connectivity index (χ0n) is 11.3. The van der Waals surface area contributed by atoms with Gasteiger partial charge in [0.1, 0.15) is 0 Å². The van der Waals surface area contributed by atoms with Crippen LogP contribution in [0.25, 0.3) is 0 Å². The van der Waals surface area contributed by atoms with Gasteiger partial charge in [0.15, 0.2) is 0 Å². The number of nitrogens with zero attached hydrogens (tertiary/aromatic N) is 1. The van der Waals surface area contributed by atoms with Crippen molar-refractivity contribution in [2.24, 2.45) is 11.8 Å². The van der Waals surface area contributed by atoms with E-state index in [4.69, 9.17) is 0 Å². The van der Waals surface area contributed by atoms with Crippen molar-refractivity contribution in [2.45, 2.75) is 37.8 Å². The highest BCUT2D eigenvalue weighted by Gasteiger charge is 2.34. The smallest absolute Gasteiger partial charge is 0.407 e. The monoisotopic (exact) mass is 256 g/mol. The van der Waals surface area contributed by atoms with Gasteiger partial charge in [-0.1, -0.05) is 0 Å². The molecule has 1 amide bonds. The molecule has 3 unspecified atom stereocenters. The van der Waals surface area contributed by atoms with Gasteiger partial charge in [-0.15, -0.1) is 0 Å². The summed E-state index contributed by atoms with van der Waals surface area (Å²) in [5.74, 6) is 0.991. The van der Waals surface area contributed by atoms with E-state index in [1.54, 1.807) is 0 Å². The maximum Gasteiger partial charge on any atom is 0.407 e. The lowest BCUT2D eigenvalue weighted by molar-refractivity contribution is 0.0822. The summed E-state index contributed by atoms with van der Waals surface area (Å²) in [4.78, 5) is 13.4. The van der Waals surface area contributed by atoms with Gasteiger partial charge in [0.2, 0.25) is 0 Å². The van der Waals surface area contributed by atoms with Crippen LogP contribution < -0.4 is 5.32 Å². The third-order valence-corrected chi connectivity index (χ3v) is 3.97. The standard InChI is InChI=1S/C13H24N2O3/c1-15-7-9(6-12(16)10-3-4-10)5-11(8-15)14-13(17)18-2/h9-12,16H,3-8H2,1-2H3,(H,14,17). The fourth-order valence-corrected chi connectivity index (χ4v) is 2.96. The third-order valence-electron chi connectivity index (χ3n) is 3.97. The fraction of sp³-hybridized carbons (Fsp3) is 0.923. The molecule has 18 heavy (non-hydrogen) atoms. The number of nitrogens with one attached hydrogen (secondary N) is 1. The average Bonchev–Trinajstić information content (AvgIpc) is 3.11. The molecule has 2 rings (SSSR count). The summed E-state index contributed by atoms with van der Waals surface area (Å²) in [5.41, 5.74) is 0. The molecule has 2 fully saturated rings. The number of likely N-dealkylation sites (N-methyl/N-ethyl adjacent to an activating group) is 1. The lowest BCUT2D eigenvalue weighted by Crippen LogP contribution is -2.50. The molecule has 1 aliphatic carbocycles. The van der Waals surface area contributed by atoms with Crippen LogP contribution in [-0.4, -0.2) is 55.5 Å². The van der Waals surface area contributed by atoms with Gasteiger partial charge in [-0.05, 0) is 44.6 Å². The number of aliphatic hydroxyl groups is 1. The van der Waals surface area contributed by atoms with Crippen molar-refractivity contribution in [2.75, 3.05) is 27.2 Å². The van der Waals surface area contributed by atoms with E-state index in [0.717, 1.165) is 25.9 Å². The van der Waals surface area contributed by atoms with E-state index in [0.29, 0.717) is 11.8 Å². The normalized spacial score (nSPS) is 30.8. The number of alkyl carbamates (subject to hydrolysis) is 1. The van der Waals surface area contributed by atoms with E-state index >= 15 is 0 Å². The molecule has 0 radical (unpaired) electrons. The fourth-order valence-electron chi connectivity index (χ4n) is 2.96. The molecule has 1 saturated heterocycles. The molecule has 1 aliphatic heterocycles. The largest absolute Gasteiger partial charge is 0.453 e. The van der Waals surface area contributed by atoms with Crippen LogP contribution in [-0.2, 0) is 4.74 Å². The van der Waals surface area contributed by atoms with Crippen LogP contribution in [0.5, 0.6) is 0 Å². The predicted molar refractivity (Wildman–Crippen MR) is 68.3 cm³/mol. The van der Waals surface area contributed by atoms with Crippen LogP contribution in [0.4, 0.5) is 4.79 Å². The molecule has 0 spiro atoms. The Balaban J connectivity index is 1.81. The molecule has 5 heteroatoms. The second-order valence-electron chi connectivity index (χ2n) is 5.80. The van der Waals surface area contributed by atoms with Gasteiger partial charge in [0.25, 0.3) is 0 Å². The first-order valence-corrected chi connectivity index (χ1v) is 6.79. The Morgan fingerprint density at radius 2 is 2.22 bits per heavy atom. The van der Waals surface area contributed by atoms with Crippen LogP contribution in [0.3, 0.4) is 0 Å². The molecule has 1 saturated carbocycles. The van der Waals surface area contributed by atoms with Crippen LogP contribution in [0.2, 0.25) is 0 Å². The summed E-state index contributed by atoms with van der Waals surface area (Å²) < 4.78 is 4.63. The van der Waals surface area contributed by atoms with Crippen molar-refractivity contribution in [1.29, 1.82) is 0 Å². The number of piperidine rings is 1. The number of aliphatic hydroxyl groups excluding tert-OH is 1. The van der Waals surface area contributed by atoms with Crippen molar-refractivity contribution >= 4 is 6.09 Å². The number of hydrogen-bond acceptors (Lipinski definition) is 4. The van der Waals surface area contributed by atoms with Gasteiger partial charge in [-0.25, -0.2) is 4.79 Å². The quantitative estimate of drug-likeness (QED) is 0.782. The maximum absolute atomic E-state index is 11.2. The Labute approximate surface area is 108 Å². The summed E-state index contributed by atoms with van der Waals surface area (Å²) >= 11 is 0. The number of likely N-dealkylation sites (tertiary alicyclic amines) is 1. The highest BCUT2D eigenvalue weighted by molar-refractivity contribution is 5.67. The maximum atomic E-state index is 11.2. The Morgan fingerprint density at radius 3 is 2.83 bits per heavy atom. The van der Waals surface area contributed by atoms with E-state index in [1.807, 2.05) is 0 Å². The topological polar surface area (TPSA) is 61.8 Å². The van der Waals surface area contributed by atoms with Crippen LogP contribution in [0, 0.1) is 11.8 Å². The van der Waals surface area contributed by atoms with Crippen molar-refractivity contribution in [3.8, 4) is 0 Å². The van der Waals surface area contributed by atoms with Gasteiger partial charge in [-0.3, -0.25) is 0 Å². The number of methoxy groups -OCH3 is 1. The van der Waals surface area contributed by atoms with Crippen molar-refractivity contribution in [3.63, 3.8) is 0 Å². The van der Waals surface area contributed by atoms with Gasteiger partial charge >= 0.3 is 6.09 Å². The van der Waals surface area contributed by atoms with Crippen LogP contribution in [0.15, 0.2) is 0 Å². The molecule has 2 aliphatic rings. The number of rotatable bonds is 4. The highest BCUT2D eigenvalue weighted by atomic mass is 16.5. The summed E-state index contributed by atoms with van der Waals surface area (Å²) in [6, 6.07) is 0.132. The number of carbonyl (C=O) groups excluding carboxylic acids is 1. The minimum absolute atomic E-state index is 0.132. The Hall–Kier alpha value is -0.810. The van der Waals surface area contributed by atoms with Gasteiger partial charge in [0.05, 0.1) is 13.2 Å². The molecular formula is C13H24N2O3. The van der Waals surface area contributed by atoms with Gasteiger partial charge in [0, 0.05) is 19.1 Å². The van der Waals surface area contributed by atoms with E-state index in [2.05, 4.69) is 22.0 Å². The molecule has 0 aromatic heterocycles. The molecule has 0 bridgehead atoms. The zero-order valence-corrected chi connectivity index (χ0v) is 11.3. The van der Waals surface area contributed by atoms with Crippen LogP contribution >= 0.6 is 0 Å². The Morgan fingerprint density at radius 1 is 1.50 bits per heavy atom. The van der Waals surface area contributed by atoms with E-state index in [-0.39, 0.29) is 18.2 Å². The molecule has 0 aromatic carbocycles. The Kier molecular flexibility index (Phi) is 4.45. The molecule has 3 atom stereocenters. The molecule has 5 nitrogen and oxygen atoms in total. The molecule has 104 valence electrons. The summed E-state index contributed by atoms with van der Waals surface area (Å²) in [7, 11) is 3.44. The molecule has 2 N–H and O–H groups in total. The number of ether oxygens (including phenoxy) is 1. The molecular weight excluding hydrogens is 232 g/mol. The number of carbonyl (C=O) groups is 1. The van der Waals surface area contributed by atoms with E-state index < -0.39 is 0 Å². The summed E-state index contributed by atoms with van der Waals surface area (Å²) in [6.07, 6.45) is 3.62. The third kappa shape index (κ3) is 3.85. The molecule has 0 aromatic rings. The van der Waals surface area contributed by atoms with Crippen molar-refractivity contribution < 1.29 is 14.6 Å². The van der Waals surface area contributed by atoms with Crippen LogP contribution in [0.1, 0.15) is 25.7 Å². The number of amides is 1. The second kappa shape index (κ2) is 5.89. The minimum atomic E-state index is -0.364. The first-order chi connectivity index (χ1) is 8.58. The highest BCUT2D eigenvalue weighted by Crippen LogP contribution is 2.36. The zero-order chi connectivity index (χ0) is 13.1. The predicted octanol–water partition coefficient (Wildman–Crippen LogP) is 0.824. The first kappa shape index (κ1) is 13.6. The lowest BCUT2D eigenvalue weighted by Gasteiger charge is -2.36. The van der Waals surface area contributed by atoms with Gasteiger partial charge in [-0.2, -0.15) is 0 Å². The first-order valence-electron chi connectivity index (χ1n) is 6.79.